The Kier molecular flexibility index (Phi) is 2.86. The van der Waals surface area contributed by atoms with Crippen LogP contribution in [0.5, 0.6) is 0 Å². The highest BCUT2D eigenvalue weighted by Gasteiger charge is 2.32. The van der Waals surface area contributed by atoms with Crippen LogP contribution < -0.4 is 4.31 Å². The molecule has 0 spiro atoms. The van der Waals surface area contributed by atoms with Crippen LogP contribution in [0.1, 0.15) is 6.42 Å². The minimum atomic E-state index is -3.55. The second-order valence-corrected chi connectivity index (χ2v) is 5.67. The predicted octanol–water partition coefficient (Wildman–Crippen LogP) is 1.21. The van der Waals surface area contributed by atoms with Gasteiger partial charge >= 0.3 is 10.2 Å². The first-order valence-electron chi connectivity index (χ1n) is 5.02. The lowest BCUT2D eigenvalue weighted by atomic mass is 10.3. The van der Waals surface area contributed by atoms with E-state index in [0.29, 0.717) is 19.5 Å². The Morgan fingerprint density at radius 3 is 2.62 bits per heavy atom. The first-order chi connectivity index (χ1) is 7.53. The Hall–Kier alpha value is -1.14. The average Bonchev–Trinajstić information content (AvgIpc) is 2.24. The molecule has 1 heterocycles. The number of benzene rings is 1. The highest BCUT2D eigenvalue weighted by Crippen LogP contribution is 2.25. The molecule has 0 aromatic heterocycles. The van der Waals surface area contributed by atoms with Crippen LogP contribution in [-0.4, -0.2) is 32.9 Å². The smallest absolute Gasteiger partial charge is 0.255 e. The molecule has 1 saturated heterocycles. The van der Waals surface area contributed by atoms with Crippen molar-refractivity contribution in [2.75, 3.05) is 24.4 Å². The van der Waals surface area contributed by atoms with E-state index >= 15 is 0 Å². The molecule has 0 bridgehead atoms. The van der Waals surface area contributed by atoms with Gasteiger partial charge in [-0.3, -0.25) is 4.31 Å². The number of halogens is 1. The van der Waals surface area contributed by atoms with E-state index in [-0.39, 0.29) is 5.69 Å². The third-order valence-corrected chi connectivity index (χ3v) is 4.53. The summed E-state index contributed by atoms with van der Waals surface area (Å²) < 4.78 is 39.8. The van der Waals surface area contributed by atoms with Gasteiger partial charge in [0.15, 0.2) is 0 Å². The molecule has 4 nitrogen and oxygen atoms in total. The molecule has 0 N–H and O–H groups in total. The van der Waals surface area contributed by atoms with E-state index in [9.17, 15) is 12.8 Å². The first kappa shape index (κ1) is 11.3. The quantitative estimate of drug-likeness (QED) is 0.745. The summed E-state index contributed by atoms with van der Waals surface area (Å²) in [5.74, 6) is -0.513. The SMILES string of the molecule is CN1CCCN(c2ccccc2F)S1(=O)=O. The Balaban J connectivity index is 2.45. The van der Waals surface area contributed by atoms with Gasteiger partial charge in [0.05, 0.1) is 5.69 Å². The maximum atomic E-state index is 13.5. The van der Waals surface area contributed by atoms with Crippen molar-refractivity contribution in [1.82, 2.24) is 4.31 Å². The summed E-state index contributed by atoms with van der Waals surface area (Å²) in [6.07, 6.45) is 0.698. The standard InChI is InChI=1S/C10H13FN2O2S/c1-12-7-4-8-13(16(12,14)15)10-6-3-2-5-9(10)11/h2-3,5-6H,4,7-8H2,1H3. The zero-order valence-electron chi connectivity index (χ0n) is 8.93. The number of nitrogens with zero attached hydrogens (tertiary/aromatic N) is 2. The normalized spacial score (nSPS) is 21.0. The number of hydrogen-bond acceptors (Lipinski definition) is 2. The third kappa shape index (κ3) is 1.78. The van der Waals surface area contributed by atoms with Crippen LogP contribution in [0.15, 0.2) is 24.3 Å². The van der Waals surface area contributed by atoms with E-state index in [4.69, 9.17) is 0 Å². The average molecular weight is 244 g/mol. The number of rotatable bonds is 1. The van der Waals surface area contributed by atoms with Crippen molar-refractivity contribution in [3.05, 3.63) is 30.1 Å². The molecule has 1 fully saturated rings. The van der Waals surface area contributed by atoms with Crippen LogP contribution in [0.4, 0.5) is 10.1 Å². The summed E-state index contributed by atoms with van der Waals surface area (Å²) in [7, 11) is -2.05. The van der Waals surface area contributed by atoms with Gasteiger partial charge in [-0.05, 0) is 18.6 Å². The lowest BCUT2D eigenvalue weighted by molar-refractivity contribution is 0.436. The Morgan fingerprint density at radius 2 is 1.94 bits per heavy atom. The summed E-state index contributed by atoms with van der Waals surface area (Å²) in [5.41, 5.74) is 0.119. The molecule has 0 aliphatic carbocycles. The van der Waals surface area contributed by atoms with Crippen LogP contribution in [-0.2, 0) is 10.2 Å². The topological polar surface area (TPSA) is 40.6 Å². The van der Waals surface area contributed by atoms with E-state index < -0.39 is 16.0 Å². The molecular formula is C10H13FN2O2S. The van der Waals surface area contributed by atoms with Gasteiger partial charge in [0.2, 0.25) is 0 Å². The Morgan fingerprint density at radius 1 is 1.25 bits per heavy atom. The summed E-state index contributed by atoms with van der Waals surface area (Å²) in [4.78, 5) is 0. The lowest BCUT2D eigenvalue weighted by Crippen LogP contribution is -2.48. The van der Waals surface area contributed by atoms with Gasteiger partial charge in [-0.2, -0.15) is 12.7 Å². The summed E-state index contributed by atoms with van der Waals surface area (Å²) in [6.45, 7) is 0.806. The molecule has 0 unspecified atom stereocenters. The fraction of sp³-hybridized carbons (Fsp3) is 0.400. The van der Waals surface area contributed by atoms with Crippen LogP contribution >= 0.6 is 0 Å². The molecule has 2 rings (SSSR count). The molecule has 16 heavy (non-hydrogen) atoms. The predicted molar refractivity (Wildman–Crippen MR) is 59.9 cm³/mol. The molecule has 0 atom stereocenters. The zero-order valence-corrected chi connectivity index (χ0v) is 9.74. The van der Waals surface area contributed by atoms with E-state index in [2.05, 4.69) is 0 Å². The highest BCUT2D eigenvalue weighted by molar-refractivity contribution is 7.90. The lowest BCUT2D eigenvalue weighted by Gasteiger charge is -2.33. The fourth-order valence-corrected chi connectivity index (χ4v) is 3.19. The number of para-hydroxylation sites is 1. The second kappa shape index (κ2) is 4.03. The molecule has 6 heteroatoms. The molecule has 0 radical (unpaired) electrons. The van der Waals surface area contributed by atoms with Crippen molar-refractivity contribution in [3.8, 4) is 0 Å². The zero-order chi connectivity index (χ0) is 11.8. The molecule has 1 aromatic carbocycles. The van der Waals surface area contributed by atoms with Crippen molar-refractivity contribution in [3.63, 3.8) is 0 Å². The van der Waals surface area contributed by atoms with Gasteiger partial charge in [0.1, 0.15) is 5.82 Å². The highest BCUT2D eigenvalue weighted by atomic mass is 32.2. The van der Waals surface area contributed by atoms with E-state index in [1.54, 1.807) is 12.1 Å². The van der Waals surface area contributed by atoms with Gasteiger partial charge in [0.25, 0.3) is 0 Å². The Labute approximate surface area is 94.5 Å². The van der Waals surface area contributed by atoms with Crippen molar-refractivity contribution in [2.24, 2.45) is 0 Å². The summed E-state index contributed by atoms with van der Waals surface area (Å²) in [6, 6.07) is 5.91. The van der Waals surface area contributed by atoms with Crippen molar-refractivity contribution < 1.29 is 12.8 Å². The molecule has 0 amide bonds. The van der Waals surface area contributed by atoms with Gasteiger partial charge in [-0.1, -0.05) is 12.1 Å². The van der Waals surface area contributed by atoms with Crippen LogP contribution in [0.2, 0.25) is 0 Å². The number of anilines is 1. The second-order valence-electron chi connectivity index (χ2n) is 3.71. The monoisotopic (exact) mass is 244 g/mol. The first-order valence-corrected chi connectivity index (χ1v) is 6.42. The maximum absolute atomic E-state index is 13.5. The van der Waals surface area contributed by atoms with Gasteiger partial charge in [-0.15, -0.1) is 0 Å². The summed E-state index contributed by atoms with van der Waals surface area (Å²) >= 11 is 0. The van der Waals surface area contributed by atoms with Crippen molar-refractivity contribution in [2.45, 2.75) is 6.42 Å². The van der Waals surface area contributed by atoms with Crippen molar-refractivity contribution in [1.29, 1.82) is 0 Å². The number of hydrogen-bond donors (Lipinski definition) is 0. The van der Waals surface area contributed by atoms with Gasteiger partial charge in [0, 0.05) is 20.1 Å². The summed E-state index contributed by atoms with van der Waals surface area (Å²) in [5, 5.41) is 0. The van der Waals surface area contributed by atoms with Gasteiger partial charge in [-0.25, -0.2) is 4.39 Å². The van der Waals surface area contributed by atoms with Crippen LogP contribution in [0.3, 0.4) is 0 Å². The largest absolute Gasteiger partial charge is 0.303 e. The van der Waals surface area contributed by atoms with Crippen LogP contribution in [0.25, 0.3) is 0 Å². The molecular weight excluding hydrogens is 231 g/mol. The molecule has 88 valence electrons. The Bertz CT molecular complexity index is 489. The van der Waals surface area contributed by atoms with Gasteiger partial charge < -0.3 is 0 Å². The minimum Gasteiger partial charge on any atom is -0.255 e. The molecule has 1 aliphatic rings. The fourth-order valence-electron chi connectivity index (χ4n) is 1.73. The van der Waals surface area contributed by atoms with Crippen molar-refractivity contribution >= 4 is 15.9 Å². The minimum absolute atomic E-state index is 0.119. The van der Waals surface area contributed by atoms with E-state index in [0.717, 1.165) is 4.31 Å². The third-order valence-electron chi connectivity index (χ3n) is 2.63. The molecule has 1 aromatic rings. The van der Waals surface area contributed by atoms with E-state index in [1.807, 2.05) is 0 Å². The van der Waals surface area contributed by atoms with Crippen LogP contribution in [0, 0.1) is 5.82 Å². The maximum Gasteiger partial charge on any atom is 0.303 e. The molecule has 1 aliphatic heterocycles. The van der Waals surface area contributed by atoms with E-state index in [1.165, 1.54) is 23.5 Å². The molecule has 0 saturated carbocycles.